The van der Waals surface area contributed by atoms with Crippen molar-refractivity contribution in [3.05, 3.63) is 16.6 Å². The van der Waals surface area contributed by atoms with Crippen molar-refractivity contribution in [2.75, 3.05) is 0 Å². The third-order valence-electron chi connectivity index (χ3n) is 2.28. The summed E-state index contributed by atoms with van der Waals surface area (Å²) in [7, 11) is 0. The highest BCUT2D eigenvalue weighted by molar-refractivity contribution is 7.09. The Labute approximate surface area is 89.8 Å². The summed E-state index contributed by atoms with van der Waals surface area (Å²) in [6, 6.07) is 0. The van der Waals surface area contributed by atoms with Crippen LogP contribution in [0.3, 0.4) is 0 Å². The zero-order valence-electron chi connectivity index (χ0n) is 8.59. The Morgan fingerprint density at radius 1 is 1.27 bits per heavy atom. The second-order valence-electron chi connectivity index (χ2n) is 4.32. The van der Waals surface area contributed by atoms with Crippen LogP contribution in [-0.4, -0.2) is 16.3 Å². The van der Waals surface area contributed by atoms with Gasteiger partial charge in [0.2, 0.25) is 5.60 Å². The van der Waals surface area contributed by atoms with Crippen LogP contribution in [-0.2, 0) is 5.60 Å². The molecule has 0 spiro atoms. The van der Waals surface area contributed by atoms with Gasteiger partial charge >= 0.3 is 6.18 Å². The minimum absolute atomic E-state index is 0.178. The van der Waals surface area contributed by atoms with E-state index >= 15 is 0 Å². The van der Waals surface area contributed by atoms with Crippen LogP contribution in [0, 0.1) is 5.41 Å². The van der Waals surface area contributed by atoms with Gasteiger partial charge in [-0.1, -0.05) is 20.8 Å². The van der Waals surface area contributed by atoms with Crippen molar-refractivity contribution >= 4 is 11.3 Å². The van der Waals surface area contributed by atoms with E-state index in [-0.39, 0.29) is 4.88 Å². The van der Waals surface area contributed by atoms with Gasteiger partial charge in [0.25, 0.3) is 0 Å². The second-order valence-corrected chi connectivity index (χ2v) is 5.21. The Bertz CT molecular complexity index is 312. The van der Waals surface area contributed by atoms with Gasteiger partial charge in [0, 0.05) is 11.6 Å². The van der Waals surface area contributed by atoms with Gasteiger partial charge < -0.3 is 5.11 Å². The first-order chi connectivity index (χ1) is 6.61. The molecule has 1 aromatic heterocycles. The summed E-state index contributed by atoms with van der Waals surface area (Å²) in [4.78, 5) is 3.40. The van der Waals surface area contributed by atoms with Crippen molar-refractivity contribution in [1.82, 2.24) is 4.98 Å². The van der Waals surface area contributed by atoms with E-state index in [1.165, 1.54) is 26.3 Å². The molecule has 0 aliphatic carbocycles. The SMILES string of the molecule is CC(C)(C)C(O)(c1cncs1)C(F)(F)F. The number of aliphatic hydroxyl groups is 1. The van der Waals surface area contributed by atoms with Crippen molar-refractivity contribution in [2.24, 2.45) is 5.41 Å². The average molecular weight is 239 g/mol. The Kier molecular flexibility index (Phi) is 2.86. The molecule has 1 atom stereocenters. The topological polar surface area (TPSA) is 33.1 Å². The third-order valence-corrected chi connectivity index (χ3v) is 3.17. The molecule has 1 heterocycles. The lowest BCUT2D eigenvalue weighted by atomic mass is 9.75. The van der Waals surface area contributed by atoms with E-state index in [4.69, 9.17) is 0 Å². The van der Waals surface area contributed by atoms with Crippen LogP contribution in [0.1, 0.15) is 25.6 Å². The molecule has 0 aliphatic heterocycles. The molecule has 1 N–H and O–H groups in total. The number of aromatic nitrogens is 1. The molecule has 0 radical (unpaired) electrons. The molecule has 0 aromatic carbocycles. The van der Waals surface area contributed by atoms with E-state index in [2.05, 4.69) is 4.98 Å². The van der Waals surface area contributed by atoms with E-state index in [0.717, 1.165) is 17.5 Å². The van der Waals surface area contributed by atoms with Crippen LogP contribution in [0.4, 0.5) is 13.2 Å². The van der Waals surface area contributed by atoms with Gasteiger partial charge in [-0.3, -0.25) is 4.98 Å². The lowest BCUT2D eigenvalue weighted by Crippen LogP contribution is -2.51. The number of nitrogens with zero attached hydrogens (tertiary/aromatic N) is 1. The molecule has 6 heteroatoms. The number of alkyl halides is 3. The highest BCUT2D eigenvalue weighted by atomic mass is 32.1. The zero-order valence-corrected chi connectivity index (χ0v) is 9.41. The fourth-order valence-electron chi connectivity index (χ4n) is 1.33. The van der Waals surface area contributed by atoms with Crippen molar-refractivity contribution in [3.8, 4) is 0 Å². The summed E-state index contributed by atoms with van der Waals surface area (Å²) < 4.78 is 38.7. The first kappa shape index (κ1) is 12.4. The highest BCUT2D eigenvalue weighted by Gasteiger charge is 2.62. The summed E-state index contributed by atoms with van der Waals surface area (Å²) in [5, 5.41) is 9.89. The van der Waals surface area contributed by atoms with Crippen LogP contribution in [0.25, 0.3) is 0 Å². The predicted octanol–water partition coefficient (Wildman–Crippen LogP) is 2.94. The maximum absolute atomic E-state index is 12.9. The molecular formula is C9H12F3NOS. The second kappa shape index (κ2) is 3.45. The van der Waals surface area contributed by atoms with Crippen LogP contribution < -0.4 is 0 Å². The van der Waals surface area contributed by atoms with Gasteiger partial charge in [-0.05, 0) is 0 Å². The van der Waals surface area contributed by atoms with Gasteiger partial charge in [-0.25, -0.2) is 0 Å². The van der Waals surface area contributed by atoms with Crippen LogP contribution >= 0.6 is 11.3 Å². The molecule has 1 aromatic rings. The fourth-order valence-corrected chi connectivity index (χ4v) is 2.28. The predicted molar refractivity (Wildman–Crippen MR) is 51.5 cm³/mol. The summed E-state index contributed by atoms with van der Waals surface area (Å²) in [6.07, 6.45) is -3.65. The normalized spacial score (nSPS) is 17.5. The van der Waals surface area contributed by atoms with Crippen LogP contribution in [0.15, 0.2) is 11.7 Å². The fraction of sp³-hybridized carbons (Fsp3) is 0.667. The minimum atomic E-state index is -4.71. The van der Waals surface area contributed by atoms with Gasteiger partial charge in [-0.2, -0.15) is 13.2 Å². The Hall–Kier alpha value is -0.620. The maximum atomic E-state index is 12.9. The first-order valence-electron chi connectivity index (χ1n) is 4.29. The molecule has 2 nitrogen and oxygen atoms in total. The molecule has 15 heavy (non-hydrogen) atoms. The van der Waals surface area contributed by atoms with Crippen LogP contribution in [0.5, 0.6) is 0 Å². The van der Waals surface area contributed by atoms with Crippen molar-refractivity contribution in [2.45, 2.75) is 32.5 Å². The van der Waals surface area contributed by atoms with Gasteiger partial charge in [-0.15, -0.1) is 11.3 Å². The molecule has 0 aliphatic rings. The molecule has 1 rings (SSSR count). The van der Waals surface area contributed by atoms with E-state index in [1.807, 2.05) is 0 Å². The zero-order chi connectivity index (χ0) is 11.9. The first-order valence-corrected chi connectivity index (χ1v) is 5.17. The largest absolute Gasteiger partial charge is 0.422 e. The molecular weight excluding hydrogens is 227 g/mol. The molecule has 0 fully saturated rings. The van der Waals surface area contributed by atoms with Gasteiger partial charge in [0.1, 0.15) is 0 Å². The number of hydrogen-bond donors (Lipinski definition) is 1. The smallest absolute Gasteiger partial charge is 0.375 e. The Balaban J connectivity index is 3.33. The van der Waals surface area contributed by atoms with E-state index in [9.17, 15) is 18.3 Å². The number of rotatable bonds is 1. The number of hydrogen-bond acceptors (Lipinski definition) is 3. The monoisotopic (exact) mass is 239 g/mol. The molecule has 86 valence electrons. The van der Waals surface area contributed by atoms with E-state index < -0.39 is 17.2 Å². The highest BCUT2D eigenvalue weighted by Crippen LogP contribution is 2.51. The van der Waals surface area contributed by atoms with Gasteiger partial charge in [0.15, 0.2) is 0 Å². The number of halogens is 3. The maximum Gasteiger partial charge on any atom is 0.422 e. The van der Waals surface area contributed by atoms with Crippen molar-refractivity contribution < 1.29 is 18.3 Å². The van der Waals surface area contributed by atoms with Gasteiger partial charge in [0.05, 0.1) is 10.4 Å². The lowest BCUT2D eigenvalue weighted by Gasteiger charge is -2.40. The number of thiazole rings is 1. The van der Waals surface area contributed by atoms with E-state index in [0.29, 0.717) is 0 Å². The quantitative estimate of drug-likeness (QED) is 0.817. The Morgan fingerprint density at radius 2 is 1.80 bits per heavy atom. The Morgan fingerprint density at radius 3 is 2.07 bits per heavy atom. The molecule has 1 unspecified atom stereocenters. The average Bonchev–Trinajstić information content (AvgIpc) is 2.49. The molecule has 0 bridgehead atoms. The standard InChI is InChI=1S/C9H12F3NOS/c1-7(2,3)8(14,9(10,11)12)6-4-13-5-15-6/h4-5,14H,1-3H3. The molecule has 0 saturated heterocycles. The lowest BCUT2D eigenvalue weighted by molar-refractivity contribution is -0.300. The summed E-state index contributed by atoms with van der Waals surface area (Å²) in [5.41, 5.74) is -2.91. The van der Waals surface area contributed by atoms with E-state index in [1.54, 1.807) is 0 Å². The molecule has 0 amide bonds. The minimum Gasteiger partial charge on any atom is -0.375 e. The summed E-state index contributed by atoms with van der Waals surface area (Å²) >= 11 is 0.802. The summed E-state index contributed by atoms with van der Waals surface area (Å²) in [6.45, 7) is 4.04. The van der Waals surface area contributed by atoms with Crippen molar-refractivity contribution in [3.63, 3.8) is 0 Å². The van der Waals surface area contributed by atoms with Crippen molar-refractivity contribution in [1.29, 1.82) is 0 Å². The van der Waals surface area contributed by atoms with Crippen LogP contribution in [0.2, 0.25) is 0 Å². The summed E-state index contributed by atoms with van der Waals surface area (Å²) in [5.74, 6) is 0. The molecule has 0 saturated carbocycles. The third kappa shape index (κ3) is 1.88.